The first-order valence-corrected chi connectivity index (χ1v) is 5.93. The van der Waals surface area contributed by atoms with Gasteiger partial charge in [0.25, 0.3) is 0 Å². The van der Waals surface area contributed by atoms with Crippen molar-refractivity contribution < 1.29 is 0 Å². The Labute approximate surface area is 98.4 Å². The molecule has 0 saturated heterocycles. The van der Waals surface area contributed by atoms with Crippen LogP contribution in [0, 0.1) is 23.2 Å². The maximum atomic E-state index is 8.94. The minimum atomic E-state index is 0.714. The number of hydrogen-bond acceptors (Lipinski definition) is 2. The minimum Gasteiger partial charge on any atom is -0.384 e. The summed E-state index contributed by atoms with van der Waals surface area (Å²) >= 11 is 3.41. The Morgan fingerprint density at radius 3 is 2.93 bits per heavy atom. The molecular formula is C12H13BrN2. The number of nitrogens with zero attached hydrogens (tertiary/aromatic N) is 1. The van der Waals surface area contributed by atoms with E-state index in [1.54, 1.807) is 0 Å². The molecule has 1 aliphatic rings. The molecule has 2 nitrogen and oxygen atoms in total. The van der Waals surface area contributed by atoms with Gasteiger partial charge >= 0.3 is 0 Å². The summed E-state index contributed by atoms with van der Waals surface area (Å²) in [4.78, 5) is 0. The summed E-state index contributed by atoms with van der Waals surface area (Å²) in [7, 11) is 0. The fourth-order valence-corrected chi connectivity index (χ4v) is 2.05. The van der Waals surface area contributed by atoms with Crippen LogP contribution >= 0.6 is 15.9 Å². The molecule has 0 aliphatic heterocycles. The summed E-state index contributed by atoms with van der Waals surface area (Å²) in [6.07, 6.45) is 1.31. The van der Waals surface area contributed by atoms with Gasteiger partial charge in [-0.1, -0.05) is 22.9 Å². The highest BCUT2D eigenvalue weighted by atomic mass is 79.9. The average molecular weight is 265 g/mol. The quantitative estimate of drug-likeness (QED) is 0.909. The van der Waals surface area contributed by atoms with Crippen molar-refractivity contribution in [1.29, 1.82) is 5.26 Å². The fourth-order valence-electron chi connectivity index (χ4n) is 1.68. The molecule has 15 heavy (non-hydrogen) atoms. The summed E-state index contributed by atoms with van der Waals surface area (Å²) in [6.45, 7) is 3.24. The van der Waals surface area contributed by atoms with Crippen LogP contribution in [0.15, 0.2) is 22.7 Å². The van der Waals surface area contributed by atoms with Gasteiger partial charge in [-0.15, -0.1) is 0 Å². The maximum absolute atomic E-state index is 8.94. The fraction of sp³-hybridized carbons (Fsp3) is 0.417. The predicted octanol–water partition coefficient (Wildman–Crippen LogP) is 3.39. The minimum absolute atomic E-state index is 0.714. The van der Waals surface area contributed by atoms with E-state index in [9.17, 15) is 0 Å². The van der Waals surface area contributed by atoms with Gasteiger partial charge in [-0.05, 0) is 36.5 Å². The largest absolute Gasteiger partial charge is 0.384 e. The van der Waals surface area contributed by atoms with Gasteiger partial charge in [0.1, 0.15) is 6.07 Å². The molecule has 1 aromatic rings. The number of nitriles is 1. The van der Waals surface area contributed by atoms with Gasteiger partial charge in [0.15, 0.2) is 0 Å². The molecule has 1 saturated carbocycles. The first-order chi connectivity index (χ1) is 7.20. The van der Waals surface area contributed by atoms with E-state index in [0.29, 0.717) is 5.56 Å². The van der Waals surface area contributed by atoms with Crippen molar-refractivity contribution in [3.05, 3.63) is 28.2 Å². The van der Waals surface area contributed by atoms with Crippen molar-refractivity contribution in [2.24, 2.45) is 11.8 Å². The molecule has 0 heterocycles. The van der Waals surface area contributed by atoms with Crippen LogP contribution in [0.4, 0.5) is 5.69 Å². The molecule has 2 unspecified atom stereocenters. The highest BCUT2D eigenvalue weighted by molar-refractivity contribution is 9.10. The Bertz CT molecular complexity index is 409. The first kappa shape index (κ1) is 10.5. The van der Waals surface area contributed by atoms with E-state index in [2.05, 4.69) is 34.2 Å². The molecule has 2 atom stereocenters. The summed E-state index contributed by atoms with van der Waals surface area (Å²) in [5, 5.41) is 12.3. The second-order valence-corrected chi connectivity index (χ2v) is 5.07. The molecule has 78 valence electrons. The SMILES string of the molecule is CC1CC1CNc1cc(Br)ccc1C#N. The van der Waals surface area contributed by atoms with Crippen LogP contribution in [0.5, 0.6) is 0 Å². The van der Waals surface area contributed by atoms with Crippen LogP contribution in [0.1, 0.15) is 18.9 Å². The zero-order valence-electron chi connectivity index (χ0n) is 8.63. The molecule has 1 fully saturated rings. The van der Waals surface area contributed by atoms with E-state index in [1.165, 1.54) is 6.42 Å². The monoisotopic (exact) mass is 264 g/mol. The third kappa shape index (κ3) is 2.51. The molecule has 0 amide bonds. The normalized spacial score (nSPS) is 23.3. The first-order valence-electron chi connectivity index (χ1n) is 5.14. The van der Waals surface area contributed by atoms with E-state index in [1.807, 2.05) is 18.2 Å². The number of nitrogens with one attached hydrogen (secondary N) is 1. The van der Waals surface area contributed by atoms with Crippen molar-refractivity contribution in [1.82, 2.24) is 0 Å². The standard InChI is InChI=1S/C12H13BrN2/c1-8-4-10(8)7-15-12-5-11(13)3-2-9(12)6-14/h2-3,5,8,10,15H,4,7H2,1H3. The lowest BCUT2D eigenvalue weighted by Crippen LogP contribution is -2.05. The van der Waals surface area contributed by atoms with Gasteiger partial charge in [0.2, 0.25) is 0 Å². The van der Waals surface area contributed by atoms with Crippen LogP contribution in [0.3, 0.4) is 0 Å². The highest BCUT2D eigenvalue weighted by Gasteiger charge is 2.31. The van der Waals surface area contributed by atoms with Crippen LogP contribution < -0.4 is 5.32 Å². The Hall–Kier alpha value is -1.01. The Kier molecular flexibility index (Phi) is 2.97. The summed E-state index contributed by atoms with van der Waals surface area (Å²) < 4.78 is 1.01. The predicted molar refractivity (Wildman–Crippen MR) is 64.6 cm³/mol. The summed E-state index contributed by atoms with van der Waals surface area (Å²) in [5.41, 5.74) is 1.65. The third-order valence-electron chi connectivity index (χ3n) is 2.93. The maximum Gasteiger partial charge on any atom is 0.101 e. The molecule has 1 aromatic carbocycles. The molecular weight excluding hydrogens is 252 g/mol. The number of rotatable bonds is 3. The van der Waals surface area contributed by atoms with Crippen LogP contribution in [-0.4, -0.2) is 6.54 Å². The Morgan fingerprint density at radius 1 is 1.60 bits per heavy atom. The number of benzene rings is 1. The number of hydrogen-bond donors (Lipinski definition) is 1. The lowest BCUT2D eigenvalue weighted by atomic mass is 10.2. The second kappa shape index (κ2) is 4.24. The van der Waals surface area contributed by atoms with Gasteiger partial charge in [0.05, 0.1) is 11.3 Å². The number of halogens is 1. The van der Waals surface area contributed by atoms with Crippen molar-refractivity contribution in [3.8, 4) is 6.07 Å². The van der Waals surface area contributed by atoms with Crippen LogP contribution in [-0.2, 0) is 0 Å². The van der Waals surface area contributed by atoms with E-state index in [0.717, 1.165) is 28.5 Å². The lowest BCUT2D eigenvalue weighted by Gasteiger charge is -2.07. The Balaban J connectivity index is 2.06. The third-order valence-corrected chi connectivity index (χ3v) is 3.43. The van der Waals surface area contributed by atoms with Gasteiger partial charge in [-0.3, -0.25) is 0 Å². The highest BCUT2D eigenvalue weighted by Crippen LogP contribution is 2.37. The summed E-state index contributed by atoms with van der Waals surface area (Å²) in [5.74, 6) is 1.63. The van der Waals surface area contributed by atoms with Gasteiger partial charge in [-0.2, -0.15) is 5.26 Å². The molecule has 3 heteroatoms. The molecule has 1 N–H and O–H groups in total. The molecule has 0 spiro atoms. The summed E-state index contributed by atoms with van der Waals surface area (Å²) in [6, 6.07) is 7.89. The van der Waals surface area contributed by atoms with Crippen molar-refractivity contribution in [2.45, 2.75) is 13.3 Å². The van der Waals surface area contributed by atoms with E-state index in [4.69, 9.17) is 5.26 Å². The second-order valence-electron chi connectivity index (χ2n) is 4.16. The van der Waals surface area contributed by atoms with Crippen LogP contribution in [0.25, 0.3) is 0 Å². The Morgan fingerprint density at radius 2 is 2.33 bits per heavy atom. The van der Waals surface area contributed by atoms with Crippen molar-refractivity contribution in [3.63, 3.8) is 0 Å². The molecule has 0 radical (unpaired) electrons. The average Bonchev–Trinajstić information content (AvgIpc) is 2.92. The zero-order chi connectivity index (χ0) is 10.8. The van der Waals surface area contributed by atoms with Crippen molar-refractivity contribution >= 4 is 21.6 Å². The van der Waals surface area contributed by atoms with Gasteiger partial charge in [0, 0.05) is 11.0 Å². The van der Waals surface area contributed by atoms with Crippen LogP contribution in [0.2, 0.25) is 0 Å². The molecule has 1 aliphatic carbocycles. The van der Waals surface area contributed by atoms with Crippen molar-refractivity contribution in [2.75, 3.05) is 11.9 Å². The van der Waals surface area contributed by atoms with E-state index in [-0.39, 0.29) is 0 Å². The molecule has 0 aromatic heterocycles. The van der Waals surface area contributed by atoms with E-state index >= 15 is 0 Å². The van der Waals surface area contributed by atoms with E-state index < -0.39 is 0 Å². The molecule has 0 bridgehead atoms. The van der Waals surface area contributed by atoms with Gasteiger partial charge in [-0.25, -0.2) is 0 Å². The lowest BCUT2D eigenvalue weighted by molar-refractivity contribution is 0.787. The van der Waals surface area contributed by atoms with Gasteiger partial charge < -0.3 is 5.32 Å². The molecule has 2 rings (SSSR count). The zero-order valence-corrected chi connectivity index (χ0v) is 10.2. The number of anilines is 1. The smallest absolute Gasteiger partial charge is 0.101 e. The topological polar surface area (TPSA) is 35.8 Å².